The molecule has 2 amide bonds. The Kier molecular flexibility index (Phi) is 8.95. The molecule has 1 unspecified atom stereocenters. The molecule has 0 radical (unpaired) electrons. The summed E-state index contributed by atoms with van der Waals surface area (Å²) in [6.07, 6.45) is 0. The van der Waals surface area contributed by atoms with Crippen LogP contribution in [0, 0.1) is 0 Å². The van der Waals surface area contributed by atoms with Gasteiger partial charge in [-0.15, -0.1) is 23.1 Å². The molecule has 6 nitrogen and oxygen atoms in total. The minimum Gasteiger partial charge on any atom is -0.497 e. The Balaban J connectivity index is 1.33. The number of anilines is 2. The Morgan fingerprint density at radius 2 is 1.68 bits per heavy atom. The monoisotopic (exact) mass is 629 g/mol. The summed E-state index contributed by atoms with van der Waals surface area (Å²) in [5.74, 6) is 0.181. The number of nitrogens with zero attached hydrogens (tertiary/aromatic N) is 1. The van der Waals surface area contributed by atoms with Crippen LogP contribution in [0.15, 0.2) is 118 Å². The van der Waals surface area contributed by atoms with Crippen LogP contribution in [0.3, 0.4) is 0 Å². The summed E-state index contributed by atoms with van der Waals surface area (Å²) in [5.41, 5.74) is 3.76. The van der Waals surface area contributed by atoms with Gasteiger partial charge in [-0.25, -0.2) is 4.98 Å². The summed E-state index contributed by atoms with van der Waals surface area (Å²) in [6.45, 7) is 0. The van der Waals surface area contributed by atoms with Crippen LogP contribution in [0.4, 0.5) is 10.8 Å². The number of hydrogen-bond donors (Lipinski definition) is 2. The second-order valence-electron chi connectivity index (χ2n) is 8.66. The fraction of sp³-hybridized carbons (Fsp3) is 0.0645. The molecule has 0 aliphatic heterocycles. The van der Waals surface area contributed by atoms with E-state index in [9.17, 15) is 9.59 Å². The quantitative estimate of drug-likeness (QED) is 0.160. The van der Waals surface area contributed by atoms with E-state index < -0.39 is 5.25 Å². The molecule has 0 aliphatic carbocycles. The number of thioether (sulfide) groups is 1. The van der Waals surface area contributed by atoms with Crippen molar-refractivity contribution in [2.45, 2.75) is 10.1 Å². The van der Waals surface area contributed by atoms with Gasteiger partial charge >= 0.3 is 0 Å². The summed E-state index contributed by atoms with van der Waals surface area (Å²) >= 11 is 6.24. The number of halogens is 1. The number of benzene rings is 4. The second kappa shape index (κ2) is 13.0. The SMILES string of the molecule is COc1cccc(C(=O)Nc2cccc(SC(C(=O)Nc3nc(-c4ccc(Br)cc4)cs3)c3ccccc3)c2)c1. The molecule has 0 fully saturated rings. The molecule has 4 aromatic carbocycles. The Hall–Kier alpha value is -3.92. The first-order valence-electron chi connectivity index (χ1n) is 12.3. The first-order chi connectivity index (χ1) is 19.5. The number of amides is 2. The molecule has 0 saturated heterocycles. The average molecular weight is 631 g/mol. The lowest BCUT2D eigenvalue weighted by atomic mass is 10.1. The van der Waals surface area contributed by atoms with Crippen LogP contribution < -0.4 is 15.4 Å². The highest BCUT2D eigenvalue weighted by Gasteiger charge is 2.23. The predicted molar refractivity (Wildman–Crippen MR) is 166 cm³/mol. The van der Waals surface area contributed by atoms with Gasteiger partial charge in [-0.2, -0.15) is 0 Å². The van der Waals surface area contributed by atoms with E-state index >= 15 is 0 Å². The van der Waals surface area contributed by atoms with Crippen molar-refractivity contribution in [2.75, 3.05) is 17.7 Å². The van der Waals surface area contributed by atoms with Crippen LogP contribution in [0.25, 0.3) is 11.3 Å². The predicted octanol–water partition coefficient (Wildman–Crippen LogP) is 8.31. The Labute approximate surface area is 249 Å². The highest BCUT2D eigenvalue weighted by molar-refractivity contribution is 9.10. The summed E-state index contributed by atoms with van der Waals surface area (Å²) in [5, 5.41) is 7.86. The second-order valence-corrected chi connectivity index (χ2v) is 11.6. The van der Waals surface area contributed by atoms with E-state index in [1.165, 1.54) is 23.1 Å². The molecule has 9 heteroatoms. The van der Waals surface area contributed by atoms with Crippen molar-refractivity contribution in [3.8, 4) is 17.0 Å². The first-order valence-corrected chi connectivity index (χ1v) is 14.8. The van der Waals surface area contributed by atoms with Crippen molar-refractivity contribution in [1.82, 2.24) is 4.98 Å². The highest BCUT2D eigenvalue weighted by Crippen LogP contribution is 2.38. The molecular formula is C31H24BrN3O3S2. The molecule has 5 aromatic rings. The van der Waals surface area contributed by atoms with Crippen molar-refractivity contribution >= 4 is 61.7 Å². The van der Waals surface area contributed by atoms with Crippen LogP contribution in [0.2, 0.25) is 0 Å². The number of ether oxygens (including phenoxy) is 1. The van der Waals surface area contributed by atoms with E-state index in [1.54, 1.807) is 31.4 Å². The number of nitrogens with one attached hydrogen (secondary N) is 2. The first kappa shape index (κ1) is 27.6. The molecular weight excluding hydrogens is 606 g/mol. The molecule has 0 bridgehead atoms. The lowest BCUT2D eigenvalue weighted by molar-refractivity contribution is -0.115. The molecule has 0 saturated carbocycles. The number of carbonyl (C=O) groups excluding carboxylic acids is 2. The number of methoxy groups -OCH3 is 1. The third kappa shape index (κ3) is 6.98. The zero-order valence-corrected chi connectivity index (χ0v) is 24.6. The van der Waals surface area contributed by atoms with Crippen molar-refractivity contribution in [3.05, 3.63) is 124 Å². The van der Waals surface area contributed by atoms with Crippen LogP contribution in [-0.4, -0.2) is 23.9 Å². The number of carbonyl (C=O) groups is 2. The van der Waals surface area contributed by atoms with Gasteiger partial charge in [-0.05, 0) is 54.1 Å². The average Bonchev–Trinajstić information content (AvgIpc) is 3.45. The van der Waals surface area contributed by atoms with E-state index in [-0.39, 0.29) is 11.8 Å². The maximum Gasteiger partial charge on any atom is 0.255 e. The number of hydrogen-bond acceptors (Lipinski definition) is 6. The van der Waals surface area contributed by atoms with Crippen molar-refractivity contribution in [3.63, 3.8) is 0 Å². The lowest BCUT2D eigenvalue weighted by Gasteiger charge is -2.17. The minimum absolute atomic E-state index is 0.182. The van der Waals surface area contributed by atoms with E-state index in [0.29, 0.717) is 22.1 Å². The maximum atomic E-state index is 13.6. The molecule has 0 aliphatic rings. The smallest absolute Gasteiger partial charge is 0.255 e. The van der Waals surface area contributed by atoms with Gasteiger partial charge in [0.05, 0.1) is 12.8 Å². The summed E-state index contributed by atoms with van der Waals surface area (Å²) in [4.78, 5) is 31.8. The molecule has 40 heavy (non-hydrogen) atoms. The third-order valence-electron chi connectivity index (χ3n) is 5.89. The minimum atomic E-state index is -0.537. The zero-order chi connectivity index (χ0) is 27.9. The standard InChI is InChI=1S/C31H24BrN3O3S2/c1-38-25-11-5-9-22(17-25)29(36)33-24-10-6-12-26(18-24)40-28(21-7-3-2-4-8-21)30(37)35-31-34-27(19-39-31)20-13-15-23(32)16-14-20/h2-19,28H,1H3,(H,33,36)(H,34,35,37). The van der Waals surface area contributed by atoms with Gasteiger partial charge in [-0.1, -0.05) is 70.5 Å². The van der Waals surface area contributed by atoms with Gasteiger partial charge < -0.3 is 15.4 Å². The van der Waals surface area contributed by atoms with E-state index in [1.807, 2.05) is 84.2 Å². The number of rotatable bonds is 9. The van der Waals surface area contributed by atoms with Crippen LogP contribution >= 0.6 is 39.0 Å². The molecule has 200 valence electrons. The third-order valence-corrected chi connectivity index (χ3v) is 8.43. The Morgan fingerprint density at radius 3 is 2.45 bits per heavy atom. The van der Waals surface area contributed by atoms with Crippen molar-refractivity contribution in [2.24, 2.45) is 0 Å². The zero-order valence-electron chi connectivity index (χ0n) is 21.3. The number of aromatic nitrogens is 1. The van der Waals surface area contributed by atoms with Gasteiger partial charge in [0.25, 0.3) is 5.91 Å². The Morgan fingerprint density at radius 1 is 0.900 bits per heavy atom. The fourth-order valence-corrected chi connectivity index (χ4v) is 5.98. The van der Waals surface area contributed by atoms with Crippen LogP contribution in [0.1, 0.15) is 21.2 Å². The normalized spacial score (nSPS) is 11.4. The Bertz CT molecular complexity index is 1620. The van der Waals surface area contributed by atoms with Gasteiger partial charge in [0.1, 0.15) is 11.0 Å². The lowest BCUT2D eigenvalue weighted by Crippen LogP contribution is -2.19. The molecule has 1 heterocycles. The van der Waals surface area contributed by atoms with Gasteiger partial charge in [0, 0.05) is 31.6 Å². The molecule has 1 atom stereocenters. The summed E-state index contributed by atoms with van der Waals surface area (Å²) in [7, 11) is 1.56. The molecule has 0 spiro atoms. The summed E-state index contributed by atoms with van der Waals surface area (Å²) < 4.78 is 6.22. The number of thiazole rings is 1. The van der Waals surface area contributed by atoms with Gasteiger partial charge in [0.15, 0.2) is 5.13 Å². The van der Waals surface area contributed by atoms with E-state index in [2.05, 4.69) is 31.5 Å². The van der Waals surface area contributed by atoms with Crippen molar-refractivity contribution < 1.29 is 14.3 Å². The van der Waals surface area contributed by atoms with Crippen LogP contribution in [-0.2, 0) is 4.79 Å². The summed E-state index contributed by atoms with van der Waals surface area (Å²) in [6, 6.07) is 31.9. The van der Waals surface area contributed by atoms with E-state index in [4.69, 9.17) is 4.74 Å². The highest BCUT2D eigenvalue weighted by atomic mass is 79.9. The van der Waals surface area contributed by atoms with E-state index in [0.717, 1.165) is 26.2 Å². The van der Waals surface area contributed by atoms with Crippen molar-refractivity contribution in [1.29, 1.82) is 0 Å². The fourth-order valence-electron chi connectivity index (χ4n) is 3.91. The van der Waals surface area contributed by atoms with Crippen LogP contribution in [0.5, 0.6) is 5.75 Å². The largest absolute Gasteiger partial charge is 0.497 e. The molecule has 2 N–H and O–H groups in total. The molecule has 5 rings (SSSR count). The van der Waals surface area contributed by atoms with Gasteiger partial charge in [0.2, 0.25) is 5.91 Å². The maximum absolute atomic E-state index is 13.6. The molecule has 1 aromatic heterocycles. The topological polar surface area (TPSA) is 80.3 Å². The van der Waals surface area contributed by atoms with Gasteiger partial charge in [-0.3, -0.25) is 9.59 Å².